The van der Waals surface area contributed by atoms with E-state index in [0.29, 0.717) is 5.69 Å². The molecule has 0 saturated carbocycles. The molecule has 1 heterocycles. The van der Waals surface area contributed by atoms with Gasteiger partial charge in [0.2, 0.25) is 0 Å². The quantitative estimate of drug-likeness (QED) is 0.581. The summed E-state index contributed by atoms with van der Waals surface area (Å²) in [7, 11) is -2.58. The fourth-order valence-electron chi connectivity index (χ4n) is 2.31. The summed E-state index contributed by atoms with van der Waals surface area (Å²) in [4.78, 5) is 12.0. The Labute approximate surface area is 171 Å². The first kappa shape index (κ1) is 20.1. The van der Waals surface area contributed by atoms with Crippen LogP contribution in [0.1, 0.15) is 10.6 Å². The van der Waals surface area contributed by atoms with Crippen LogP contribution in [-0.2, 0) is 10.0 Å². The Kier molecular flexibility index (Phi) is 5.83. The summed E-state index contributed by atoms with van der Waals surface area (Å²) in [5.74, 6) is -0.0955. The zero-order valence-corrected chi connectivity index (χ0v) is 16.7. The van der Waals surface area contributed by atoms with Gasteiger partial charge in [-0.3, -0.25) is 9.52 Å². The predicted octanol–water partition coefficient (Wildman–Crippen LogP) is 4.65. The highest BCUT2D eigenvalue weighted by atomic mass is 35.5. The molecule has 0 bridgehead atoms. The molecular weight excluding hydrogens is 427 g/mol. The van der Waals surface area contributed by atoms with Gasteiger partial charge in [0.15, 0.2) is 5.76 Å². The number of furan rings is 1. The molecule has 0 radical (unpaired) electrons. The van der Waals surface area contributed by atoms with Crippen molar-refractivity contribution in [3.8, 4) is 5.75 Å². The van der Waals surface area contributed by atoms with Gasteiger partial charge in [-0.2, -0.15) is 0 Å². The lowest BCUT2D eigenvalue weighted by atomic mass is 10.2. The van der Waals surface area contributed by atoms with Gasteiger partial charge in [-0.25, -0.2) is 8.42 Å². The monoisotopic (exact) mass is 440 g/mol. The van der Waals surface area contributed by atoms with E-state index in [2.05, 4.69) is 10.0 Å². The maximum absolute atomic E-state index is 12.7. The number of sulfonamides is 1. The second-order valence-electron chi connectivity index (χ2n) is 5.53. The second kappa shape index (κ2) is 8.14. The van der Waals surface area contributed by atoms with Crippen LogP contribution in [0.5, 0.6) is 5.75 Å². The minimum Gasteiger partial charge on any atom is -0.495 e. The normalized spacial score (nSPS) is 11.1. The highest BCUT2D eigenvalue weighted by molar-refractivity contribution is 7.92. The lowest BCUT2D eigenvalue weighted by Gasteiger charge is -2.14. The van der Waals surface area contributed by atoms with E-state index < -0.39 is 15.9 Å². The summed E-state index contributed by atoms with van der Waals surface area (Å²) in [5.41, 5.74) is 0.472. The SMILES string of the molecule is COc1ccc(NC(=O)c2ccco2)cc1NS(=O)(=O)c1ccc(Cl)c(Cl)c1. The van der Waals surface area contributed by atoms with Gasteiger partial charge in [-0.15, -0.1) is 0 Å². The topological polar surface area (TPSA) is 97.6 Å². The number of methoxy groups -OCH3 is 1. The van der Waals surface area contributed by atoms with Crippen LogP contribution in [-0.4, -0.2) is 21.4 Å². The fourth-order valence-corrected chi connectivity index (χ4v) is 3.76. The molecule has 3 rings (SSSR count). The molecule has 1 aromatic heterocycles. The van der Waals surface area contributed by atoms with Crippen molar-refractivity contribution < 1.29 is 22.4 Å². The molecule has 2 aromatic carbocycles. The number of nitrogens with one attached hydrogen (secondary N) is 2. The van der Waals surface area contributed by atoms with Gasteiger partial charge in [-0.1, -0.05) is 23.2 Å². The molecule has 0 unspecified atom stereocenters. The van der Waals surface area contributed by atoms with Crippen LogP contribution in [0.4, 0.5) is 11.4 Å². The van der Waals surface area contributed by atoms with Crippen LogP contribution in [0.15, 0.2) is 64.1 Å². The fraction of sp³-hybridized carbons (Fsp3) is 0.0556. The van der Waals surface area contributed by atoms with E-state index >= 15 is 0 Å². The zero-order valence-electron chi connectivity index (χ0n) is 14.4. The molecule has 0 spiro atoms. The van der Waals surface area contributed by atoms with E-state index in [9.17, 15) is 13.2 Å². The first-order chi connectivity index (χ1) is 13.3. The van der Waals surface area contributed by atoms with E-state index in [0.717, 1.165) is 0 Å². The van der Waals surface area contributed by atoms with Crippen LogP contribution in [0, 0.1) is 0 Å². The van der Waals surface area contributed by atoms with Gasteiger partial charge in [0.05, 0.1) is 34.0 Å². The number of amides is 1. The van der Waals surface area contributed by atoms with Crippen LogP contribution < -0.4 is 14.8 Å². The van der Waals surface area contributed by atoms with Gasteiger partial charge < -0.3 is 14.5 Å². The maximum atomic E-state index is 12.7. The minimum absolute atomic E-state index is 0.0750. The molecule has 3 aromatic rings. The van der Waals surface area contributed by atoms with Gasteiger partial charge in [0.25, 0.3) is 15.9 Å². The van der Waals surface area contributed by atoms with Crippen LogP contribution in [0.2, 0.25) is 10.0 Å². The van der Waals surface area contributed by atoms with Gasteiger partial charge in [0, 0.05) is 5.69 Å². The largest absolute Gasteiger partial charge is 0.495 e. The average molecular weight is 441 g/mol. The molecule has 28 heavy (non-hydrogen) atoms. The Morgan fingerprint density at radius 2 is 1.86 bits per heavy atom. The first-order valence-corrected chi connectivity index (χ1v) is 10.0. The van der Waals surface area contributed by atoms with Crippen molar-refractivity contribution in [2.45, 2.75) is 4.90 Å². The summed E-state index contributed by atoms with van der Waals surface area (Å²) >= 11 is 11.7. The van der Waals surface area contributed by atoms with Crippen molar-refractivity contribution in [1.82, 2.24) is 0 Å². The van der Waals surface area contributed by atoms with E-state index in [1.54, 1.807) is 12.1 Å². The summed E-state index contributed by atoms with van der Waals surface area (Å²) in [6, 6.07) is 11.5. The standard InChI is InChI=1S/C18H14Cl2N2O5S/c1-26-16-7-4-11(21-18(23)17-3-2-8-27-17)9-15(16)22-28(24,25)12-5-6-13(19)14(20)10-12/h2-10,22H,1H3,(H,21,23). The van der Waals surface area contributed by atoms with Crippen molar-refractivity contribution in [3.63, 3.8) is 0 Å². The Balaban J connectivity index is 1.89. The Bertz CT molecular complexity index is 1120. The Morgan fingerprint density at radius 1 is 1.07 bits per heavy atom. The van der Waals surface area contributed by atoms with Crippen molar-refractivity contribution in [2.24, 2.45) is 0 Å². The molecule has 146 valence electrons. The molecule has 0 fully saturated rings. The molecule has 0 aliphatic heterocycles. The molecule has 0 atom stereocenters. The molecule has 7 nitrogen and oxygen atoms in total. The third kappa shape index (κ3) is 4.41. The van der Waals surface area contributed by atoms with Crippen LogP contribution in [0.25, 0.3) is 0 Å². The molecule has 10 heteroatoms. The van der Waals surface area contributed by atoms with E-state index in [-0.39, 0.29) is 32.1 Å². The Hall–Kier alpha value is -2.68. The van der Waals surface area contributed by atoms with E-state index in [1.165, 1.54) is 49.8 Å². The van der Waals surface area contributed by atoms with Gasteiger partial charge in [0.1, 0.15) is 5.75 Å². The minimum atomic E-state index is -3.98. The van der Waals surface area contributed by atoms with Crippen LogP contribution >= 0.6 is 23.2 Å². The van der Waals surface area contributed by atoms with E-state index in [4.69, 9.17) is 32.4 Å². The highest BCUT2D eigenvalue weighted by Crippen LogP contribution is 2.31. The third-order valence-corrected chi connectivity index (χ3v) is 5.75. The number of carbonyl (C=O) groups is 1. The summed E-state index contributed by atoms with van der Waals surface area (Å²) in [5, 5.41) is 2.96. The number of hydrogen-bond donors (Lipinski definition) is 2. The molecule has 0 aliphatic carbocycles. The van der Waals surface area contributed by atoms with Crippen molar-refractivity contribution in [3.05, 3.63) is 70.6 Å². The first-order valence-electron chi connectivity index (χ1n) is 7.81. The van der Waals surface area contributed by atoms with Crippen molar-refractivity contribution in [1.29, 1.82) is 0 Å². The number of hydrogen-bond acceptors (Lipinski definition) is 5. The van der Waals surface area contributed by atoms with Crippen molar-refractivity contribution in [2.75, 3.05) is 17.1 Å². The zero-order chi connectivity index (χ0) is 20.3. The second-order valence-corrected chi connectivity index (χ2v) is 8.02. The number of ether oxygens (including phenoxy) is 1. The average Bonchev–Trinajstić information content (AvgIpc) is 3.19. The van der Waals surface area contributed by atoms with Gasteiger partial charge in [-0.05, 0) is 48.5 Å². The molecule has 0 saturated heterocycles. The van der Waals surface area contributed by atoms with E-state index in [1.807, 2.05) is 0 Å². The molecular formula is C18H14Cl2N2O5S. The maximum Gasteiger partial charge on any atom is 0.291 e. The predicted molar refractivity (Wildman–Crippen MR) is 107 cm³/mol. The number of anilines is 2. The number of rotatable bonds is 6. The number of benzene rings is 2. The number of carbonyl (C=O) groups excluding carboxylic acids is 1. The lowest BCUT2D eigenvalue weighted by molar-refractivity contribution is 0.0996. The van der Waals surface area contributed by atoms with Gasteiger partial charge >= 0.3 is 0 Å². The summed E-state index contributed by atoms with van der Waals surface area (Å²) in [6.45, 7) is 0. The molecule has 2 N–H and O–H groups in total. The lowest BCUT2D eigenvalue weighted by Crippen LogP contribution is -2.15. The highest BCUT2D eigenvalue weighted by Gasteiger charge is 2.19. The number of halogens is 2. The Morgan fingerprint density at radius 3 is 2.50 bits per heavy atom. The van der Waals surface area contributed by atoms with Crippen LogP contribution in [0.3, 0.4) is 0 Å². The summed E-state index contributed by atoms with van der Waals surface area (Å²) in [6.07, 6.45) is 1.37. The smallest absolute Gasteiger partial charge is 0.291 e. The summed E-state index contributed by atoms with van der Waals surface area (Å²) < 4.78 is 38.0. The van der Waals surface area contributed by atoms with Crippen molar-refractivity contribution >= 4 is 50.5 Å². The molecule has 1 amide bonds. The third-order valence-electron chi connectivity index (χ3n) is 3.65. The molecule has 0 aliphatic rings.